The normalized spacial score (nSPS) is 13.9. The third-order valence-electron chi connectivity index (χ3n) is 4.45. The summed E-state index contributed by atoms with van der Waals surface area (Å²) in [6, 6.07) is 7.17. The fourth-order valence-electron chi connectivity index (χ4n) is 2.58. The van der Waals surface area contributed by atoms with E-state index < -0.39 is 17.5 Å². The number of hydrogen-bond donors (Lipinski definition) is 1. The molecule has 0 heterocycles. The lowest BCUT2D eigenvalue weighted by molar-refractivity contribution is -0.191. The van der Waals surface area contributed by atoms with Crippen molar-refractivity contribution in [2.24, 2.45) is 0 Å². The molecule has 160 valence electrons. The fourth-order valence-corrected chi connectivity index (χ4v) is 2.77. The molecule has 0 fully saturated rings. The first-order chi connectivity index (χ1) is 13.3. The highest BCUT2D eigenvalue weighted by atomic mass is 35.5. The molecule has 0 aliphatic carbocycles. The summed E-state index contributed by atoms with van der Waals surface area (Å²) in [7, 11) is 0. The molecule has 1 amide bonds. The molecule has 0 bridgehead atoms. The van der Waals surface area contributed by atoms with Crippen molar-refractivity contribution in [3.8, 4) is 0 Å². The van der Waals surface area contributed by atoms with E-state index in [0.29, 0.717) is 25.7 Å². The first kappa shape index (κ1) is 24.7. The summed E-state index contributed by atoms with van der Waals surface area (Å²) in [5.74, 6) is -0.415. The molecule has 0 aliphatic heterocycles. The Hall–Kier alpha value is -1.31. The van der Waals surface area contributed by atoms with E-state index in [-0.39, 0.29) is 18.7 Å². The van der Waals surface area contributed by atoms with Crippen LogP contribution in [0.4, 0.5) is 13.2 Å². The zero-order chi connectivity index (χ0) is 20.9. The van der Waals surface area contributed by atoms with Crippen molar-refractivity contribution in [2.75, 3.05) is 38.9 Å². The summed E-state index contributed by atoms with van der Waals surface area (Å²) in [6.45, 7) is 2.38. The lowest BCUT2D eigenvalue weighted by atomic mass is 9.80. The Kier molecular flexibility index (Phi) is 11.5. The van der Waals surface area contributed by atoms with E-state index >= 15 is 0 Å². The van der Waals surface area contributed by atoms with Gasteiger partial charge in [-0.3, -0.25) is 4.79 Å². The average molecular weight is 424 g/mol. The van der Waals surface area contributed by atoms with Gasteiger partial charge in [0.2, 0.25) is 5.91 Å². The third kappa shape index (κ3) is 7.97. The Labute approximate surface area is 169 Å². The first-order valence-electron chi connectivity index (χ1n) is 9.46. The molecule has 4 nitrogen and oxygen atoms in total. The van der Waals surface area contributed by atoms with Crippen LogP contribution in [-0.2, 0) is 19.7 Å². The van der Waals surface area contributed by atoms with E-state index in [0.717, 1.165) is 32.6 Å². The summed E-state index contributed by atoms with van der Waals surface area (Å²) in [5.41, 5.74) is -2.71. The highest BCUT2D eigenvalue weighted by Crippen LogP contribution is 2.41. The summed E-state index contributed by atoms with van der Waals surface area (Å²) < 4.78 is 51.4. The SMILES string of the molecule is CC(C(=O)NCCOCCOCCCCCCCl)(c1ccccc1)C(F)(F)F. The van der Waals surface area contributed by atoms with Crippen LogP contribution in [0.2, 0.25) is 0 Å². The van der Waals surface area contributed by atoms with Gasteiger partial charge in [-0.15, -0.1) is 11.6 Å². The Bertz CT molecular complexity index is 557. The smallest absolute Gasteiger partial charge is 0.379 e. The Morgan fingerprint density at radius 2 is 1.57 bits per heavy atom. The average Bonchev–Trinajstić information content (AvgIpc) is 2.67. The standard InChI is InChI=1S/C20H29ClF3NO3/c1-19(20(22,23)24,17-9-5-4-6-10-17)18(26)25-12-14-28-16-15-27-13-8-3-2-7-11-21/h4-6,9-10H,2-3,7-8,11-16H2,1H3,(H,25,26). The molecule has 1 atom stereocenters. The van der Waals surface area contributed by atoms with Crippen molar-refractivity contribution in [3.05, 3.63) is 35.9 Å². The maximum absolute atomic E-state index is 13.6. The van der Waals surface area contributed by atoms with Crippen molar-refractivity contribution >= 4 is 17.5 Å². The molecule has 0 saturated carbocycles. The van der Waals surface area contributed by atoms with Crippen molar-refractivity contribution < 1.29 is 27.4 Å². The van der Waals surface area contributed by atoms with Gasteiger partial charge >= 0.3 is 6.18 Å². The van der Waals surface area contributed by atoms with Crippen molar-refractivity contribution in [1.29, 1.82) is 0 Å². The number of nitrogens with one attached hydrogen (secondary N) is 1. The molecule has 1 rings (SSSR count). The number of amides is 1. The maximum Gasteiger partial charge on any atom is 0.406 e. The summed E-state index contributed by atoms with van der Waals surface area (Å²) in [4.78, 5) is 12.3. The van der Waals surface area contributed by atoms with Gasteiger partial charge in [0.1, 0.15) is 0 Å². The van der Waals surface area contributed by atoms with Crippen LogP contribution in [0, 0.1) is 0 Å². The van der Waals surface area contributed by atoms with Gasteiger partial charge < -0.3 is 14.8 Å². The minimum atomic E-state index is -4.71. The highest BCUT2D eigenvalue weighted by Gasteiger charge is 2.57. The second-order valence-electron chi connectivity index (χ2n) is 6.57. The van der Waals surface area contributed by atoms with Crippen LogP contribution in [0.15, 0.2) is 30.3 Å². The molecule has 1 unspecified atom stereocenters. The minimum Gasteiger partial charge on any atom is -0.379 e. The van der Waals surface area contributed by atoms with E-state index in [9.17, 15) is 18.0 Å². The van der Waals surface area contributed by atoms with Crippen LogP contribution >= 0.6 is 11.6 Å². The number of alkyl halides is 4. The lowest BCUT2D eigenvalue weighted by Gasteiger charge is -2.31. The predicted octanol–water partition coefficient (Wildman–Crippen LogP) is 4.46. The second kappa shape index (κ2) is 13.0. The van der Waals surface area contributed by atoms with Crippen LogP contribution in [0.3, 0.4) is 0 Å². The molecule has 0 aliphatic rings. The second-order valence-corrected chi connectivity index (χ2v) is 6.95. The molecule has 0 saturated heterocycles. The molecular formula is C20H29ClF3NO3. The van der Waals surface area contributed by atoms with Crippen LogP contribution in [0.5, 0.6) is 0 Å². The maximum atomic E-state index is 13.6. The van der Waals surface area contributed by atoms with Gasteiger partial charge in [-0.1, -0.05) is 43.2 Å². The van der Waals surface area contributed by atoms with Crippen molar-refractivity contribution in [2.45, 2.75) is 44.2 Å². The zero-order valence-electron chi connectivity index (χ0n) is 16.2. The molecule has 0 radical (unpaired) electrons. The molecule has 0 spiro atoms. The monoisotopic (exact) mass is 423 g/mol. The summed E-state index contributed by atoms with van der Waals surface area (Å²) >= 11 is 5.59. The summed E-state index contributed by atoms with van der Waals surface area (Å²) in [5, 5.41) is 2.32. The topological polar surface area (TPSA) is 47.6 Å². The fraction of sp³-hybridized carbons (Fsp3) is 0.650. The number of ether oxygens (including phenoxy) is 2. The first-order valence-corrected chi connectivity index (χ1v) is 9.99. The van der Waals surface area contributed by atoms with E-state index in [1.165, 1.54) is 24.3 Å². The quantitative estimate of drug-likeness (QED) is 0.355. The van der Waals surface area contributed by atoms with E-state index in [1.54, 1.807) is 6.07 Å². The number of unbranched alkanes of at least 4 members (excludes halogenated alkanes) is 3. The van der Waals surface area contributed by atoms with Crippen LogP contribution < -0.4 is 5.32 Å². The number of halogens is 4. The highest BCUT2D eigenvalue weighted by molar-refractivity contribution is 6.17. The summed E-state index contributed by atoms with van der Waals surface area (Å²) in [6.07, 6.45) is -0.588. The van der Waals surface area contributed by atoms with Crippen LogP contribution in [0.25, 0.3) is 0 Å². The molecule has 1 aromatic carbocycles. The molecule has 8 heteroatoms. The Morgan fingerprint density at radius 3 is 2.18 bits per heavy atom. The van der Waals surface area contributed by atoms with E-state index in [2.05, 4.69) is 5.32 Å². The molecule has 0 aromatic heterocycles. The number of benzene rings is 1. The zero-order valence-corrected chi connectivity index (χ0v) is 17.0. The largest absolute Gasteiger partial charge is 0.406 e. The number of rotatable bonds is 14. The van der Waals surface area contributed by atoms with Gasteiger partial charge in [-0.25, -0.2) is 0 Å². The minimum absolute atomic E-state index is 0.00420. The van der Waals surface area contributed by atoms with E-state index in [4.69, 9.17) is 21.1 Å². The lowest BCUT2D eigenvalue weighted by Crippen LogP contribution is -2.52. The molecule has 28 heavy (non-hydrogen) atoms. The third-order valence-corrected chi connectivity index (χ3v) is 4.72. The molecular weight excluding hydrogens is 395 g/mol. The Morgan fingerprint density at radius 1 is 0.964 bits per heavy atom. The number of carbonyl (C=O) groups excluding carboxylic acids is 1. The van der Waals surface area contributed by atoms with Gasteiger partial charge in [-0.2, -0.15) is 13.2 Å². The van der Waals surface area contributed by atoms with Gasteiger partial charge in [-0.05, 0) is 25.3 Å². The van der Waals surface area contributed by atoms with Crippen LogP contribution in [-0.4, -0.2) is 50.9 Å². The van der Waals surface area contributed by atoms with Crippen molar-refractivity contribution in [1.82, 2.24) is 5.32 Å². The number of carbonyl (C=O) groups is 1. The Balaban J connectivity index is 2.26. The van der Waals surface area contributed by atoms with Crippen molar-refractivity contribution in [3.63, 3.8) is 0 Å². The van der Waals surface area contributed by atoms with Gasteiger partial charge in [0.05, 0.1) is 19.8 Å². The molecule has 1 N–H and O–H groups in total. The van der Waals surface area contributed by atoms with Gasteiger partial charge in [0, 0.05) is 19.0 Å². The molecule has 1 aromatic rings. The van der Waals surface area contributed by atoms with Crippen LogP contribution in [0.1, 0.15) is 38.2 Å². The number of hydrogen-bond acceptors (Lipinski definition) is 3. The van der Waals surface area contributed by atoms with Gasteiger partial charge in [0.15, 0.2) is 5.41 Å². The predicted molar refractivity (Wildman–Crippen MR) is 104 cm³/mol. The van der Waals surface area contributed by atoms with E-state index in [1.807, 2.05) is 0 Å². The van der Waals surface area contributed by atoms with Gasteiger partial charge in [0.25, 0.3) is 0 Å².